The number of rotatable bonds is 0. The molecule has 6 heteroatoms. The van der Waals surface area contributed by atoms with Crippen molar-refractivity contribution in [3.05, 3.63) is 0 Å². The molecule has 0 aromatic heterocycles. The van der Waals surface area contributed by atoms with E-state index in [-0.39, 0.29) is 31.7 Å². The van der Waals surface area contributed by atoms with Gasteiger partial charge in [0.05, 0.1) is 0 Å². The van der Waals surface area contributed by atoms with E-state index in [9.17, 15) is 0 Å². The summed E-state index contributed by atoms with van der Waals surface area (Å²) >= 11 is 0. The molecule has 5 nitrogen and oxygen atoms in total. The van der Waals surface area contributed by atoms with Gasteiger partial charge in [-0.25, -0.2) is 0 Å². The Morgan fingerprint density at radius 3 is 1.00 bits per heavy atom. The normalized spacial score (nSPS) is 5.00. The molecule has 0 aliphatic rings. The molecule has 0 spiro atoms. The van der Waals surface area contributed by atoms with Gasteiger partial charge >= 0.3 is 26.2 Å². The van der Waals surface area contributed by atoms with Crippen molar-refractivity contribution >= 4 is 11.9 Å². The van der Waals surface area contributed by atoms with E-state index in [1.165, 1.54) is 0 Å². The fraction of sp³-hybridized carbons (Fsp3) is 0.500. The van der Waals surface area contributed by atoms with Crippen LogP contribution in [-0.4, -0.2) is 22.2 Å². The Morgan fingerprint density at radius 1 is 1.00 bits per heavy atom. The molecule has 0 bridgehead atoms. The summed E-state index contributed by atoms with van der Waals surface area (Å²) in [5.41, 5.74) is 0. The predicted molar refractivity (Wildman–Crippen MR) is 27.3 cm³/mol. The summed E-state index contributed by atoms with van der Waals surface area (Å²) in [5.74, 6) is -1.67. The maximum atomic E-state index is 9.00. The molecule has 0 amide bonds. The number of carboxylic acid groups (broad SMARTS) is 2. The quantitative estimate of drug-likeness (QED) is 0.610. The van der Waals surface area contributed by atoms with Gasteiger partial charge < -0.3 is 15.7 Å². The predicted octanol–water partition coefficient (Wildman–Crippen LogP) is 0.0605. The summed E-state index contributed by atoms with van der Waals surface area (Å²) in [4.78, 5) is 18.0. The molecule has 0 saturated carbocycles. The smallest absolute Gasteiger partial charge is 2.00 e. The van der Waals surface area contributed by atoms with E-state index in [0.717, 1.165) is 13.8 Å². The molecule has 10 heavy (non-hydrogen) atoms. The molecule has 0 heterocycles. The van der Waals surface area contributed by atoms with Gasteiger partial charge in [0.25, 0.3) is 11.9 Å². The van der Waals surface area contributed by atoms with Crippen LogP contribution in [0.3, 0.4) is 0 Å². The first-order valence-electron chi connectivity index (χ1n) is 1.86. The largest absolute Gasteiger partial charge is 2.00 e. The van der Waals surface area contributed by atoms with Crippen molar-refractivity contribution in [2.45, 2.75) is 13.8 Å². The van der Waals surface area contributed by atoms with Gasteiger partial charge in [0.1, 0.15) is 0 Å². The minimum absolute atomic E-state index is 0. The molecule has 0 fully saturated rings. The number of carbonyl (C=O) groups is 2. The second-order valence-electron chi connectivity index (χ2n) is 1.04. The van der Waals surface area contributed by atoms with Crippen LogP contribution in [0.1, 0.15) is 13.8 Å². The fourth-order valence-corrected chi connectivity index (χ4v) is 0. The first-order valence-corrected chi connectivity index (χ1v) is 1.86. The van der Waals surface area contributed by atoms with E-state index in [1.807, 2.05) is 0 Å². The summed E-state index contributed by atoms with van der Waals surface area (Å²) in [6, 6.07) is 0. The van der Waals surface area contributed by atoms with Crippen LogP contribution in [0.5, 0.6) is 0 Å². The molecule has 0 radical (unpaired) electrons. The van der Waals surface area contributed by atoms with Crippen LogP contribution in [-0.2, 0) is 41.3 Å². The number of hydrogen-bond acceptors (Lipinski definition) is 2. The Kier molecular flexibility index (Phi) is 35.9. The van der Waals surface area contributed by atoms with E-state index in [4.69, 9.17) is 19.8 Å². The van der Waals surface area contributed by atoms with Gasteiger partial charge in [0.2, 0.25) is 0 Å². The second-order valence-corrected chi connectivity index (χ2v) is 1.04. The SMILES string of the molecule is CC(=O)O.CC(=O)O.[O-2].[Zr+2]. The molecular weight excluding hydrogens is 219 g/mol. The van der Waals surface area contributed by atoms with E-state index in [1.54, 1.807) is 0 Å². The summed E-state index contributed by atoms with van der Waals surface area (Å²) in [6.45, 7) is 2.17. The van der Waals surface area contributed by atoms with Crippen LogP contribution in [0.15, 0.2) is 0 Å². The van der Waals surface area contributed by atoms with Gasteiger partial charge in [-0.3, -0.25) is 9.59 Å². The van der Waals surface area contributed by atoms with Crippen LogP contribution < -0.4 is 0 Å². The summed E-state index contributed by atoms with van der Waals surface area (Å²) < 4.78 is 0. The maximum Gasteiger partial charge on any atom is 2.00 e. The van der Waals surface area contributed by atoms with Crippen LogP contribution >= 0.6 is 0 Å². The monoisotopic (exact) mass is 226 g/mol. The van der Waals surface area contributed by atoms with Gasteiger partial charge in [-0.1, -0.05) is 0 Å². The van der Waals surface area contributed by atoms with Crippen molar-refractivity contribution < 1.29 is 51.5 Å². The molecule has 0 aliphatic heterocycles. The molecule has 0 rings (SSSR count). The van der Waals surface area contributed by atoms with Crippen molar-refractivity contribution in [2.24, 2.45) is 0 Å². The van der Waals surface area contributed by atoms with Crippen molar-refractivity contribution in [1.82, 2.24) is 0 Å². The summed E-state index contributed by atoms with van der Waals surface area (Å²) in [6.07, 6.45) is 0. The molecular formula is C4H8O5Zr. The Hall–Kier alpha value is -0.217. The zero-order valence-corrected chi connectivity index (χ0v) is 8.08. The van der Waals surface area contributed by atoms with Crippen molar-refractivity contribution in [3.8, 4) is 0 Å². The van der Waals surface area contributed by atoms with Gasteiger partial charge in [-0.05, 0) is 0 Å². The summed E-state index contributed by atoms with van der Waals surface area (Å²) in [7, 11) is 0. The molecule has 2 N–H and O–H groups in total. The molecule has 0 saturated heterocycles. The topological polar surface area (TPSA) is 103 Å². The van der Waals surface area contributed by atoms with E-state index in [0.29, 0.717) is 0 Å². The average Bonchev–Trinajstić information content (AvgIpc) is 1.25. The second kappa shape index (κ2) is 15.9. The third kappa shape index (κ3) is 7610. The number of hydrogen-bond donors (Lipinski definition) is 2. The maximum absolute atomic E-state index is 9.00. The summed E-state index contributed by atoms with van der Waals surface area (Å²) in [5, 5.41) is 14.8. The van der Waals surface area contributed by atoms with Crippen LogP contribution in [0.25, 0.3) is 0 Å². The van der Waals surface area contributed by atoms with Crippen LogP contribution in [0.4, 0.5) is 0 Å². The van der Waals surface area contributed by atoms with Crippen LogP contribution in [0, 0.1) is 0 Å². The average molecular weight is 227 g/mol. The van der Waals surface area contributed by atoms with Crippen molar-refractivity contribution in [3.63, 3.8) is 0 Å². The third-order valence-corrected chi connectivity index (χ3v) is 0. The number of carboxylic acids is 2. The minimum atomic E-state index is -0.833. The van der Waals surface area contributed by atoms with E-state index < -0.39 is 11.9 Å². The van der Waals surface area contributed by atoms with Crippen LogP contribution in [0.2, 0.25) is 0 Å². The third-order valence-electron chi connectivity index (χ3n) is 0. The Bertz CT molecular complexity index is 71.6. The first-order chi connectivity index (χ1) is 3.46. The minimum Gasteiger partial charge on any atom is -2.00 e. The Balaban J connectivity index is -0.0000000300. The van der Waals surface area contributed by atoms with Gasteiger partial charge in [0, 0.05) is 13.8 Å². The molecule has 0 aromatic carbocycles. The van der Waals surface area contributed by atoms with Gasteiger partial charge in [-0.2, -0.15) is 0 Å². The van der Waals surface area contributed by atoms with E-state index >= 15 is 0 Å². The molecule has 0 aliphatic carbocycles. The Labute approximate surface area is 77.5 Å². The molecule has 58 valence electrons. The van der Waals surface area contributed by atoms with Gasteiger partial charge in [0.15, 0.2) is 0 Å². The van der Waals surface area contributed by atoms with Crippen molar-refractivity contribution in [2.75, 3.05) is 0 Å². The Morgan fingerprint density at radius 2 is 1.00 bits per heavy atom. The molecule has 0 unspecified atom stereocenters. The van der Waals surface area contributed by atoms with E-state index in [2.05, 4.69) is 0 Å². The zero-order chi connectivity index (χ0) is 7.15. The first kappa shape index (κ1) is 22.6. The standard InChI is InChI=1S/2C2H4O2.O.Zr/c2*1-2(3)4;;/h2*1H3,(H,3,4);;/q;;-2;+2. The molecule has 0 aromatic rings. The number of aliphatic carboxylic acids is 2. The fourth-order valence-electron chi connectivity index (χ4n) is 0. The molecule has 0 atom stereocenters. The van der Waals surface area contributed by atoms with Crippen molar-refractivity contribution in [1.29, 1.82) is 0 Å². The zero-order valence-electron chi connectivity index (χ0n) is 5.62. The van der Waals surface area contributed by atoms with Gasteiger partial charge in [-0.15, -0.1) is 0 Å².